The summed E-state index contributed by atoms with van der Waals surface area (Å²) in [6.45, 7) is 0.931. The molecule has 6 rings (SSSR count). The first kappa shape index (κ1) is 25.7. The first-order chi connectivity index (χ1) is 17.8. The lowest BCUT2D eigenvalue weighted by atomic mass is 9.77. The van der Waals surface area contributed by atoms with Crippen LogP contribution in [0.5, 0.6) is 0 Å². The number of piperidine rings is 1. The second-order valence-electron chi connectivity index (χ2n) is 9.38. The molecule has 6 nitrogen and oxygen atoms in total. The molecule has 1 aromatic carbocycles. The van der Waals surface area contributed by atoms with Crippen LogP contribution < -0.4 is 0 Å². The second kappa shape index (κ2) is 10.2. The van der Waals surface area contributed by atoms with E-state index in [1.165, 1.54) is 34.3 Å². The third-order valence-corrected chi connectivity index (χ3v) is 12.0. The third kappa shape index (κ3) is 4.85. The molecule has 192 valence electrons. The molecule has 0 radical (unpaired) electrons. The van der Waals surface area contributed by atoms with Crippen molar-refractivity contribution in [1.82, 2.24) is 14.4 Å². The fraction of sp³-hybridized carbons (Fsp3) is 0.308. The number of aryl methyl sites for hydroxylation is 2. The molecule has 11 heteroatoms. The lowest BCUT2D eigenvalue weighted by Crippen LogP contribution is -2.39. The van der Waals surface area contributed by atoms with E-state index in [0.29, 0.717) is 28.0 Å². The van der Waals surface area contributed by atoms with Gasteiger partial charge in [-0.25, -0.2) is 8.42 Å². The summed E-state index contributed by atoms with van der Waals surface area (Å²) < 4.78 is 35.8. The predicted molar refractivity (Wildman–Crippen MR) is 152 cm³/mol. The highest BCUT2D eigenvalue weighted by molar-refractivity contribution is 9.10. The van der Waals surface area contributed by atoms with E-state index in [0.717, 1.165) is 45.2 Å². The zero-order chi connectivity index (χ0) is 25.7. The highest BCUT2D eigenvalue weighted by atomic mass is 79.9. The highest BCUT2D eigenvalue weighted by Crippen LogP contribution is 2.46. The summed E-state index contributed by atoms with van der Waals surface area (Å²) >= 11 is 15.0. The number of thiophene rings is 1. The molecule has 3 aromatic heterocycles. The lowest BCUT2D eigenvalue weighted by molar-refractivity contribution is 0.255. The first-order valence-corrected chi connectivity index (χ1v) is 16.2. The number of nitrogens with zero attached hydrogens (tertiary/aromatic N) is 3. The molecule has 0 saturated carbocycles. The molecule has 1 fully saturated rings. The average molecular weight is 684 g/mol. The monoisotopic (exact) mass is 681 g/mol. The van der Waals surface area contributed by atoms with Crippen LogP contribution in [0.2, 0.25) is 5.02 Å². The zero-order valence-electron chi connectivity index (χ0n) is 19.5. The van der Waals surface area contributed by atoms with Gasteiger partial charge in [-0.15, -0.1) is 11.3 Å². The van der Waals surface area contributed by atoms with Crippen LogP contribution in [0.1, 0.15) is 41.1 Å². The number of fused-ring (bicyclic) bond motifs is 2. The molecule has 4 aromatic rings. The Morgan fingerprint density at radius 2 is 1.84 bits per heavy atom. The van der Waals surface area contributed by atoms with Crippen LogP contribution in [-0.2, 0) is 22.9 Å². The topological polar surface area (TPSA) is 76.3 Å². The van der Waals surface area contributed by atoms with Crippen LogP contribution in [0.3, 0.4) is 0 Å². The SMILES string of the molecule is O=S(=O)(c1ccc(-c2ccon2)s1)N1CCC([C@H]2c3ncc(Br)cc3CCc3cc(Cl)cc(Br)c32)CC1. The highest BCUT2D eigenvalue weighted by Gasteiger charge is 2.38. The Balaban J connectivity index is 1.29. The summed E-state index contributed by atoms with van der Waals surface area (Å²) in [5, 5.41) is 4.64. The molecule has 0 bridgehead atoms. The van der Waals surface area contributed by atoms with Gasteiger partial charge in [-0.3, -0.25) is 4.98 Å². The number of hydrogen-bond donors (Lipinski definition) is 0. The van der Waals surface area contributed by atoms with Crippen molar-refractivity contribution in [3.63, 3.8) is 0 Å². The Kier molecular flexibility index (Phi) is 7.09. The molecule has 2 aliphatic rings. The molecule has 1 atom stereocenters. The Bertz CT molecular complexity index is 1570. The standard InChI is InChI=1S/C26H22Br2ClN3O3S2/c27-18-11-17-2-1-16-12-19(29)13-20(28)24(16)25(26(17)30-14-18)15-5-8-32(9-6-15)37(33,34)23-4-3-22(36-23)21-7-10-35-31-21/h3-4,7,10-15,25H,1-2,5-6,8-9H2/t25-/m1/s1. The van der Waals surface area contributed by atoms with Crippen LogP contribution in [0, 0.1) is 5.92 Å². The largest absolute Gasteiger partial charge is 0.364 e. The number of sulfonamides is 1. The zero-order valence-corrected chi connectivity index (χ0v) is 25.1. The van der Waals surface area contributed by atoms with E-state index in [9.17, 15) is 8.42 Å². The minimum atomic E-state index is -3.59. The predicted octanol–water partition coefficient (Wildman–Crippen LogP) is 7.31. The summed E-state index contributed by atoms with van der Waals surface area (Å²) in [6, 6.07) is 11.4. The summed E-state index contributed by atoms with van der Waals surface area (Å²) in [5.41, 5.74) is 5.41. The minimum Gasteiger partial charge on any atom is -0.364 e. The Morgan fingerprint density at radius 1 is 1.05 bits per heavy atom. The van der Waals surface area contributed by atoms with E-state index in [2.05, 4.69) is 49.1 Å². The fourth-order valence-electron chi connectivity index (χ4n) is 5.54. The first-order valence-electron chi connectivity index (χ1n) is 11.9. The Hall–Kier alpha value is -1.56. The molecular formula is C26H22Br2ClN3O3S2. The van der Waals surface area contributed by atoms with Gasteiger partial charge in [-0.1, -0.05) is 32.7 Å². The van der Waals surface area contributed by atoms with Crippen molar-refractivity contribution in [1.29, 1.82) is 0 Å². The fourth-order valence-corrected chi connectivity index (χ4v) is 9.93. The van der Waals surface area contributed by atoms with Crippen LogP contribution >= 0.6 is 54.8 Å². The van der Waals surface area contributed by atoms with Gasteiger partial charge in [0.1, 0.15) is 16.2 Å². The van der Waals surface area contributed by atoms with E-state index < -0.39 is 10.0 Å². The van der Waals surface area contributed by atoms with Crippen molar-refractivity contribution in [3.8, 4) is 10.6 Å². The quantitative estimate of drug-likeness (QED) is 0.226. The average Bonchev–Trinajstić information content (AvgIpc) is 3.55. The van der Waals surface area contributed by atoms with Gasteiger partial charge >= 0.3 is 0 Å². The van der Waals surface area contributed by atoms with Crippen molar-refractivity contribution in [2.45, 2.75) is 35.8 Å². The lowest BCUT2D eigenvalue weighted by Gasteiger charge is -2.36. The Morgan fingerprint density at radius 3 is 2.59 bits per heavy atom. The van der Waals surface area contributed by atoms with Gasteiger partial charge < -0.3 is 4.52 Å². The van der Waals surface area contributed by atoms with Gasteiger partial charge in [0, 0.05) is 45.2 Å². The number of rotatable bonds is 4. The number of hydrogen-bond acceptors (Lipinski definition) is 6. The van der Waals surface area contributed by atoms with E-state index >= 15 is 0 Å². The molecular weight excluding hydrogens is 662 g/mol. The molecule has 0 spiro atoms. The van der Waals surface area contributed by atoms with Crippen molar-refractivity contribution < 1.29 is 12.9 Å². The van der Waals surface area contributed by atoms with Crippen LogP contribution in [0.25, 0.3) is 10.6 Å². The maximum absolute atomic E-state index is 13.5. The van der Waals surface area contributed by atoms with Crippen LogP contribution in [-0.4, -0.2) is 36.0 Å². The van der Waals surface area contributed by atoms with Gasteiger partial charge in [0.15, 0.2) is 0 Å². The molecule has 1 saturated heterocycles. The van der Waals surface area contributed by atoms with Crippen molar-refractivity contribution in [2.24, 2.45) is 5.92 Å². The maximum Gasteiger partial charge on any atom is 0.252 e. The molecule has 37 heavy (non-hydrogen) atoms. The van der Waals surface area contributed by atoms with Crippen molar-refractivity contribution >= 4 is 64.8 Å². The van der Waals surface area contributed by atoms with E-state index in [1.54, 1.807) is 22.5 Å². The summed E-state index contributed by atoms with van der Waals surface area (Å²) in [7, 11) is -3.59. The molecule has 0 N–H and O–H groups in total. The summed E-state index contributed by atoms with van der Waals surface area (Å²) in [5.74, 6) is 0.319. The van der Waals surface area contributed by atoms with Gasteiger partial charge in [-0.05, 0) is 94.6 Å². The number of halogens is 3. The number of aromatic nitrogens is 2. The van der Waals surface area contributed by atoms with Gasteiger partial charge in [0.25, 0.3) is 10.0 Å². The molecule has 0 amide bonds. The van der Waals surface area contributed by atoms with E-state index in [-0.39, 0.29) is 11.8 Å². The molecule has 1 aliphatic carbocycles. The maximum atomic E-state index is 13.5. The summed E-state index contributed by atoms with van der Waals surface area (Å²) in [4.78, 5) is 5.67. The third-order valence-electron chi connectivity index (χ3n) is 7.25. The van der Waals surface area contributed by atoms with Gasteiger partial charge in [-0.2, -0.15) is 4.31 Å². The molecule has 0 unspecified atom stereocenters. The normalized spacial score (nSPS) is 18.8. The Labute approximate surface area is 241 Å². The van der Waals surface area contributed by atoms with Gasteiger partial charge in [0.2, 0.25) is 0 Å². The second-order valence-corrected chi connectivity index (χ2v) is 14.8. The molecule has 1 aliphatic heterocycles. The van der Waals surface area contributed by atoms with Gasteiger partial charge in [0.05, 0.1) is 10.6 Å². The van der Waals surface area contributed by atoms with E-state index in [1.807, 2.05) is 12.3 Å². The van der Waals surface area contributed by atoms with Crippen LogP contribution in [0.4, 0.5) is 0 Å². The minimum absolute atomic E-state index is 0.0672. The van der Waals surface area contributed by atoms with E-state index in [4.69, 9.17) is 21.1 Å². The summed E-state index contributed by atoms with van der Waals surface area (Å²) in [6.07, 6.45) is 6.61. The van der Waals surface area contributed by atoms with Crippen molar-refractivity contribution in [2.75, 3.05) is 13.1 Å². The van der Waals surface area contributed by atoms with Crippen LogP contribution in [0.15, 0.2) is 66.5 Å². The molecule has 4 heterocycles. The smallest absolute Gasteiger partial charge is 0.252 e. The number of benzene rings is 1. The number of pyridine rings is 1. The van der Waals surface area contributed by atoms with Crippen molar-refractivity contribution in [3.05, 3.63) is 85.2 Å².